The predicted molar refractivity (Wildman–Crippen MR) is 106 cm³/mol. The zero-order valence-corrected chi connectivity index (χ0v) is 16.0. The molecule has 142 valence electrons. The quantitative estimate of drug-likeness (QED) is 0.668. The van der Waals surface area contributed by atoms with Crippen molar-refractivity contribution in [3.8, 4) is 0 Å². The lowest BCUT2D eigenvalue weighted by Crippen LogP contribution is -2.47. The average Bonchev–Trinajstić information content (AvgIpc) is 2.61. The van der Waals surface area contributed by atoms with E-state index >= 15 is 0 Å². The van der Waals surface area contributed by atoms with E-state index in [0.717, 1.165) is 19.3 Å². The van der Waals surface area contributed by atoms with Gasteiger partial charge in [-0.1, -0.05) is 42.0 Å². The molecule has 0 spiro atoms. The summed E-state index contributed by atoms with van der Waals surface area (Å²) in [5.41, 5.74) is 2.52. The summed E-state index contributed by atoms with van der Waals surface area (Å²) in [7, 11) is 4.07. The first-order valence-corrected chi connectivity index (χ1v) is 9.26. The number of carbonyl (C=O) groups is 1. The molecule has 3 N–H and O–H groups in total. The minimum absolute atomic E-state index is 0.0572. The molecule has 1 aromatic rings. The molecule has 2 rings (SSSR count). The van der Waals surface area contributed by atoms with Crippen LogP contribution in [0.2, 0.25) is 0 Å². The van der Waals surface area contributed by atoms with E-state index in [1.807, 2.05) is 45.3 Å². The van der Waals surface area contributed by atoms with Gasteiger partial charge in [-0.2, -0.15) is 0 Å². The number of hydrogen-bond acceptors (Lipinski definition) is 3. The number of aliphatic hydroxyl groups excluding tert-OH is 1. The normalized spacial score (nSPS) is 16.5. The number of allylic oxidation sites excluding steroid dienone is 3. The van der Waals surface area contributed by atoms with E-state index in [9.17, 15) is 9.90 Å². The second-order valence-corrected chi connectivity index (χ2v) is 7.25. The number of nitrogens with zero attached hydrogens (tertiary/aromatic N) is 1. The Balaban J connectivity index is 1.76. The molecule has 0 fully saturated rings. The summed E-state index contributed by atoms with van der Waals surface area (Å²) < 4.78 is 0. The molecule has 0 radical (unpaired) electrons. The number of likely N-dealkylation sites (N-methyl/N-ethyl adjacent to an activating group) is 1. The molecule has 26 heavy (non-hydrogen) atoms. The zero-order chi connectivity index (χ0) is 18.9. The van der Waals surface area contributed by atoms with E-state index < -0.39 is 0 Å². The van der Waals surface area contributed by atoms with Crippen molar-refractivity contribution in [2.24, 2.45) is 0 Å². The van der Waals surface area contributed by atoms with Crippen molar-refractivity contribution in [3.05, 3.63) is 59.4 Å². The Kier molecular flexibility index (Phi) is 7.73. The zero-order valence-electron chi connectivity index (χ0n) is 16.0. The van der Waals surface area contributed by atoms with Gasteiger partial charge >= 0.3 is 6.03 Å². The third-order valence-corrected chi connectivity index (χ3v) is 4.70. The van der Waals surface area contributed by atoms with Gasteiger partial charge in [0.05, 0.1) is 5.76 Å². The summed E-state index contributed by atoms with van der Waals surface area (Å²) >= 11 is 0. The molecular formula is C21H31N3O2. The van der Waals surface area contributed by atoms with Crippen molar-refractivity contribution >= 4 is 6.03 Å². The Morgan fingerprint density at radius 1 is 1.15 bits per heavy atom. The highest BCUT2D eigenvalue weighted by Gasteiger charge is 2.15. The molecule has 2 atom stereocenters. The topological polar surface area (TPSA) is 64.6 Å². The van der Waals surface area contributed by atoms with E-state index in [1.165, 1.54) is 11.1 Å². The summed E-state index contributed by atoms with van der Waals surface area (Å²) in [6.45, 7) is 2.60. The van der Waals surface area contributed by atoms with Crippen LogP contribution in [0.4, 0.5) is 4.79 Å². The SMILES string of the molecule is CC(CC1=CC=C(O)CC1)NC(=O)NCC(Cc1ccccc1)N(C)C. The van der Waals surface area contributed by atoms with Gasteiger partial charge in [-0.25, -0.2) is 4.79 Å². The highest BCUT2D eigenvalue weighted by atomic mass is 16.3. The van der Waals surface area contributed by atoms with Crippen molar-refractivity contribution in [3.63, 3.8) is 0 Å². The lowest BCUT2D eigenvalue weighted by Gasteiger charge is -2.25. The second-order valence-electron chi connectivity index (χ2n) is 7.25. The van der Waals surface area contributed by atoms with Crippen LogP contribution in [-0.2, 0) is 6.42 Å². The van der Waals surface area contributed by atoms with E-state index in [0.29, 0.717) is 18.7 Å². The maximum Gasteiger partial charge on any atom is 0.315 e. The number of benzene rings is 1. The highest BCUT2D eigenvalue weighted by molar-refractivity contribution is 5.74. The van der Waals surface area contributed by atoms with Crippen molar-refractivity contribution in [1.29, 1.82) is 0 Å². The standard InChI is InChI=1S/C21H31N3O2/c1-16(13-18-9-11-20(25)12-10-18)23-21(26)22-15-19(24(2)3)14-17-7-5-4-6-8-17/h4-9,11,16,19,25H,10,12-15H2,1-3H3,(H2,22,23,26). The summed E-state index contributed by atoms with van der Waals surface area (Å²) in [5, 5.41) is 15.4. The van der Waals surface area contributed by atoms with Crippen LogP contribution in [0.5, 0.6) is 0 Å². The summed E-state index contributed by atoms with van der Waals surface area (Å²) in [6.07, 6.45) is 6.95. The molecule has 0 heterocycles. The van der Waals surface area contributed by atoms with Crippen LogP contribution in [0.25, 0.3) is 0 Å². The molecule has 1 aliphatic carbocycles. The van der Waals surface area contributed by atoms with Gasteiger partial charge in [0, 0.05) is 25.0 Å². The largest absolute Gasteiger partial charge is 0.512 e. The second kappa shape index (κ2) is 10.0. The molecule has 0 saturated heterocycles. The van der Waals surface area contributed by atoms with Gasteiger partial charge < -0.3 is 20.6 Å². The molecule has 2 amide bonds. The molecule has 0 saturated carbocycles. The number of amides is 2. The fourth-order valence-corrected chi connectivity index (χ4v) is 3.09. The van der Waals surface area contributed by atoms with Crippen LogP contribution in [0, 0.1) is 0 Å². The number of aliphatic hydroxyl groups is 1. The van der Waals surface area contributed by atoms with E-state index in [-0.39, 0.29) is 18.1 Å². The van der Waals surface area contributed by atoms with Crippen LogP contribution in [-0.4, -0.2) is 48.8 Å². The summed E-state index contributed by atoms with van der Waals surface area (Å²) in [5.74, 6) is 0.431. The Hall–Kier alpha value is -2.27. The van der Waals surface area contributed by atoms with E-state index in [2.05, 4.69) is 27.7 Å². The van der Waals surface area contributed by atoms with Gasteiger partial charge in [0.25, 0.3) is 0 Å². The molecular weight excluding hydrogens is 326 g/mol. The predicted octanol–water partition coefficient (Wildman–Crippen LogP) is 3.40. The van der Waals surface area contributed by atoms with Crippen molar-refractivity contribution in [2.75, 3.05) is 20.6 Å². The first-order valence-electron chi connectivity index (χ1n) is 9.26. The Morgan fingerprint density at radius 2 is 1.88 bits per heavy atom. The Morgan fingerprint density at radius 3 is 2.50 bits per heavy atom. The molecule has 1 aromatic carbocycles. The minimum atomic E-state index is -0.132. The Labute approximate surface area is 156 Å². The van der Waals surface area contributed by atoms with Gasteiger partial charge in [0.2, 0.25) is 0 Å². The molecule has 2 unspecified atom stereocenters. The lowest BCUT2D eigenvalue weighted by molar-refractivity contribution is 0.229. The van der Waals surface area contributed by atoms with Gasteiger partial charge in [-0.3, -0.25) is 0 Å². The molecule has 0 aromatic heterocycles. The number of rotatable bonds is 8. The van der Waals surface area contributed by atoms with Gasteiger partial charge in [-0.05, 0) is 51.9 Å². The summed E-state index contributed by atoms with van der Waals surface area (Å²) in [4.78, 5) is 14.4. The van der Waals surface area contributed by atoms with Crippen molar-refractivity contribution in [1.82, 2.24) is 15.5 Å². The van der Waals surface area contributed by atoms with Gasteiger partial charge in [0.15, 0.2) is 0 Å². The monoisotopic (exact) mass is 357 g/mol. The van der Waals surface area contributed by atoms with Gasteiger partial charge in [-0.15, -0.1) is 0 Å². The van der Waals surface area contributed by atoms with Crippen LogP contribution in [0.1, 0.15) is 31.7 Å². The molecule has 5 heteroatoms. The lowest BCUT2D eigenvalue weighted by atomic mass is 9.98. The fourth-order valence-electron chi connectivity index (χ4n) is 3.09. The minimum Gasteiger partial charge on any atom is -0.512 e. The molecule has 0 aliphatic heterocycles. The average molecular weight is 357 g/mol. The maximum absolute atomic E-state index is 12.2. The third kappa shape index (κ3) is 6.92. The van der Waals surface area contributed by atoms with Gasteiger partial charge in [0.1, 0.15) is 0 Å². The molecule has 5 nitrogen and oxygen atoms in total. The Bertz CT molecular complexity index is 638. The first-order chi connectivity index (χ1) is 12.4. The highest BCUT2D eigenvalue weighted by Crippen LogP contribution is 2.20. The maximum atomic E-state index is 12.2. The van der Waals surface area contributed by atoms with Crippen LogP contribution >= 0.6 is 0 Å². The van der Waals surface area contributed by atoms with E-state index in [4.69, 9.17) is 0 Å². The third-order valence-electron chi connectivity index (χ3n) is 4.70. The molecule has 0 bridgehead atoms. The van der Waals surface area contributed by atoms with Crippen LogP contribution in [0.15, 0.2) is 53.8 Å². The summed E-state index contributed by atoms with van der Waals surface area (Å²) in [6, 6.07) is 10.5. The van der Waals surface area contributed by atoms with Crippen LogP contribution < -0.4 is 10.6 Å². The number of nitrogens with one attached hydrogen (secondary N) is 2. The van der Waals surface area contributed by atoms with Crippen molar-refractivity contribution < 1.29 is 9.90 Å². The number of carbonyl (C=O) groups excluding carboxylic acids is 1. The van der Waals surface area contributed by atoms with Crippen molar-refractivity contribution in [2.45, 2.75) is 44.7 Å². The van der Waals surface area contributed by atoms with Crippen LogP contribution in [0.3, 0.4) is 0 Å². The number of hydrogen-bond donors (Lipinski definition) is 3. The van der Waals surface area contributed by atoms with E-state index in [1.54, 1.807) is 6.08 Å². The number of urea groups is 1. The fraction of sp³-hybridized carbons (Fsp3) is 0.476. The molecule has 1 aliphatic rings. The smallest absolute Gasteiger partial charge is 0.315 e. The first kappa shape index (κ1) is 20.0.